The molecule has 0 bridgehead atoms. The molecule has 0 fully saturated rings. The third-order valence-corrected chi connectivity index (χ3v) is 3.70. The molecule has 0 aromatic heterocycles. The molecule has 0 amide bonds. The van der Waals surface area contributed by atoms with Crippen LogP contribution in [0.25, 0.3) is 10.8 Å². The van der Waals surface area contributed by atoms with Gasteiger partial charge in [-0.1, -0.05) is 40.2 Å². The topological polar surface area (TPSA) is 64.6 Å². The second-order valence-corrected chi connectivity index (χ2v) is 5.19. The van der Waals surface area contributed by atoms with E-state index in [-0.39, 0.29) is 5.70 Å². The van der Waals surface area contributed by atoms with Crippen LogP contribution in [0.4, 0.5) is 5.69 Å². The molecule has 114 valence electrons. The van der Waals surface area contributed by atoms with Crippen molar-refractivity contribution in [1.29, 1.82) is 0 Å². The Kier molecular flexibility index (Phi) is 5.16. The van der Waals surface area contributed by atoms with E-state index >= 15 is 0 Å². The van der Waals surface area contributed by atoms with Crippen LogP contribution in [0.1, 0.15) is 0 Å². The minimum absolute atomic E-state index is 0.00169. The first-order valence-corrected chi connectivity index (χ1v) is 7.18. The first-order valence-electron chi connectivity index (χ1n) is 6.39. The van der Waals surface area contributed by atoms with E-state index in [0.717, 1.165) is 21.3 Å². The van der Waals surface area contributed by atoms with Gasteiger partial charge in [0.2, 0.25) is 0 Å². The molecule has 2 rings (SSSR count). The molecule has 1 N–H and O–H groups in total. The molecule has 0 saturated carbocycles. The number of hydrogen-bond acceptors (Lipinski definition) is 5. The van der Waals surface area contributed by atoms with Crippen molar-refractivity contribution in [3.8, 4) is 0 Å². The van der Waals surface area contributed by atoms with Crippen LogP contribution >= 0.6 is 15.9 Å². The van der Waals surface area contributed by atoms with Crippen LogP contribution in [-0.2, 0) is 19.1 Å². The number of carbonyl (C=O) groups excluding carboxylic acids is 2. The average Bonchev–Trinajstić information content (AvgIpc) is 2.55. The summed E-state index contributed by atoms with van der Waals surface area (Å²) in [7, 11) is 2.48. The maximum atomic E-state index is 11.8. The fourth-order valence-electron chi connectivity index (χ4n) is 1.95. The van der Waals surface area contributed by atoms with Crippen LogP contribution in [-0.4, -0.2) is 26.2 Å². The molecule has 0 atom stereocenters. The van der Waals surface area contributed by atoms with Gasteiger partial charge < -0.3 is 14.8 Å². The monoisotopic (exact) mass is 363 g/mol. The molecule has 2 aromatic rings. The summed E-state index contributed by atoms with van der Waals surface area (Å²) in [5.41, 5.74) is 0.682. The molecule has 6 heteroatoms. The summed E-state index contributed by atoms with van der Waals surface area (Å²) in [5.74, 6) is -1.30. The lowest BCUT2D eigenvalue weighted by atomic mass is 10.1. The molecule has 0 aliphatic heterocycles. The van der Waals surface area contributed by atoms with Gasteiger partial charge in [-0.05, 0) is 17.5 Å². The Morgan fingerprint density at radius 2 is 1.73 bits per heavy atom. The van der Waals surface area contributed by atoms with E-state index in [4.69, 9.17) is 0 Å². The molecule has 0 radical (unpaired) electrons. The number of fused-ring (bicyclic) bond motifs is 1. The van der Waals surface area contributed by atoms with E-state index in [2.05, 4.69) is 30.7 Å². The van der Waals surface area contributed by atoms with Crippen molar-refractivity contribution in [1.82, 2.24) is 0 Å². The van der Waals surface area contributed by atoms with Crippen molar-refractivity contribution >= 4 is 44.3 Å². The van der Waals surface area contributed by atoms with Crippen molar-refractivity contribution in [2.24, 2.45) is 0 Å². The first-order chi connectivity index (χ1) is 10.6. The molecular formula is C16H14BrNO4. The predicted molar refractivity (Wildman–Crippen MR) is 87.4 cm³/mol. The summed E-state index contributed by atoms with van der Waals surface area (Å²) in [5, 5.41) is 4.81. The van der Waals surface area contributed by atoms with Crippen LogP contribution in [0.3, 0.4) is 0 Å². The predicted octanol–water partition coefficient (Wildman–Crippen LogP) is 3.24. The molecule has 0 aliphatic rings. The standard InChI is InChI=1S/C16H14BrNO4/c1-21-15(19)9-14(16(20)22-2)18-13-8-7-12(17)10-5-3-4-6-11(10)13/h3-9,18H,1-2H3/b14-9-. The molecule has 0 spiro atoms. The van der Waals surface area contributed by atoms with Gasteiger partial charge in [-0.25, -0.2) is 9.59 Å². The van der Waals surface area contributed by atoms with Gasteiger partial charge in [-0.15, -0.1) is 0 Å². The van der Waals surface area contributed by atoms with E-state index in [9.17, 15) is 9.59 Å². The van der Waals surface area contributed by atoms with Crippen molar-refractivity contribution in [2.75, 3.05) is 19.5 Å². The summed E-state index contributed by atoms with van der Waals surface area (Å²) in [6, 6.07) is 11.3. The van der Waals surface area contributed by atoms with Gasteiger partial charge in [0, 0.05) is 15.5 Å². The highest BCUT2D eigenvalue weighted by molar-refractivity contribution is 9.10. The van der Waals surface area contributed by atoms with Crippen molar-refractivity contribution in [3.05, 3.63) is 52.6 Å². The van der Waals surface area contributed by atoms with Crippen LogP contribution < -0.4 is 5.32 Å². The van der Waals surface area contributed by atoms with Gasteiger partial charge >= 0.3 is 11.9 Å². The second-order valence-electron chi connectivity index (χ2n) is 4.34. The van der Waals surface area contributed by atoms with Gasteiger partial charge in [0.1, 0.15) is 5.70 Å². The zero-order chi connectivity index (χ0) is 16.1. The van der Waals surface area contributed by atoms with Crippen LogP contribution in [0, 0.1) is 0 Å². The number of esters is 2. The van der Waals surface area contributed by atoms with E-state index in [1.54, 1.807) is 6.07 Å². The van der Waals surface area contributed by atoms with Crippen LogP contribution in [0.2, 0.25) is 0 Å². The molecule has 0 unspecified atom stereocenters. The van der Waals surface area contributed by atoms with Crippen LogP contribution in [0.5, 0.6) is 0 Å². The molecule has 0 aliphatic carbocycles. The van der Waals surface area contributed by atoms with E-state index < -0.39 is 11.9 Å². The Morgan fingerprint density at radius 1 is 1.05 bits per heavy atom. The van der Waals surface area contributed by atoms with E-state index in [1.807, 2.05) is 30.3 Å². The summed E-state index contributed by atoms with van der Waals surface area (Å²) in [6.45, 7) is 0. The number of carbonyl (C=O) groups is 2. The third-order valence-electron chi connectivity index (χ3n) is 3.01. The Labute approximate surface area is 136 Å². The number of methoxy groups -OCH3 is 2. The molecule has 0 saturated heterocycles. The Bertz CT molecular complexity index is 755. The molecule has 2 aromatic carbocycles. The highest BCUT2D eigenvalue weighted by atomic mass is 79.9. The summed E-state index contributed by atoms with van der Waals surface area (Å²) >= 11 is 3.48. The number of anilines is 1. The lowest BCUT2D eigenvalue weighted by molar-refractivity contribution is -0.138. The Hall–Kier alpha value is -2.34. The van der Waals surface area contributed by atoms with E-state index in [0.29, 0.717) is 5.69 Å². The molecule has 5 nitrogen and oxygen atoms in total. The molecular weight excluding hydrogens is 350 g/mol. The lowest BCUT2D eigenvalue weighted by Gasteiger charge is -2.12. The van der Waals surface area contributed by atoms with Gasteiger partial charge in [0.15, 0.2) is 0 Å². The normalized spacial score (nSPS) is 11.1. The van der Waals surface area contributed by atoms with Crippen molar-refractivity contribution in [2.45, 2.75) is 0 Å². The van der Waals surface area contributed by atoms with Gasteiger partial charge in [0.05, 0.1) is 20.3 Å². The maximum absolute atomic E-state index is 11.8. The highest BCUT2D eigenvalue weighted by Gasteiger charge is 2.14. The Morgan fingerprint density at radius 3 is 2.36 bits per heavy atom. The highest BCUT2D eigenvalue weighted by Crippen LogP contribution is 2.30. The number of halogens is 1. The first kappa shape index (κ1) is 16.0. The third kappa shape index (κ3) is 3.46. The average molecular weight is 364 g/mol. The fourth-order valence-corrected chi connectivity index (χ4v) is 2.43. The number of nitrogens with one attached hydrogen (secondary N) is 1. The second kappa shape index (κ2) is 7.09. The van der Waals surface area contributed by atoms with E-state index in [1.165, 1.54) is 14.2 Å². The molecule has 0 heterocycles. The summed E-state index contributed by atoms with van der Waals surface area (Å²) in [6.07, 6.45) is 1.06. The fraction of sp³-hybridized carbons (Fsp3) is 0.125. The largest absolute Gasteiger partial charge is 0.466 e. The van der Waals surface area contributed by atoms with Gasteiger partial charge in [-0.3, -0.25) is 0 Å². The SMILES string of the molecule is COC(=O)/C=C(\Nc1ccc(Br)c2ccccc12)C(=O)OC. The van der Waals surface area contributed by atoms with Gasteiger partial charge in [0.25, 0.3) is 0 Å². The lowest BCUT2D eigenvalue weighted by Crippen LogP contribution is -2.15. The van der Waals surface area contributed by atoms with Crippen molar-refractivity contribution < 1.29 is 19.1 Å². The zero-order valence-corrected chi connectivity index (χ0v) is 13.6. The minimum atomic E-state index is -0.655. The minimum Gasteiger partial charge on any atom is -0.466 e. The summed E-state index contributed by atoms with van der Waals surface area (Å²) < 4.78 is 10.2. The summed E-state index contributed by atoms with van der Waals surface area (Å²) in [4.78, 5) is 23.2. The van der Waals surface area contributed by atoms with Crippen molar-refractivity contribution in [3.63, 3.8) is 0 Å². The van der Waals surface area contributed by atoms with Crippen LogP contribution in [0.15, 0.2) is 52.6 Å². The van der Waals surface area contributed by atoms with Gasteiger partial charge in [-0.2, -0.15) is 0 Å². The number of benzene rings is 2. The number of ether oxygens (including phenoxy) is 2. The smallest absolute Gasteiger partial charge is 0.354 e. The Balaban J connectivity index is 2.47. The zero-order valence-electron chi connectivity index (χ0n) is 12.1. The number of hydrogen-bond donors (Lipinski definition) is 1. The molecule has 22 heavy (non-hydrogen) atoms. The maximum Gasteiger partial charge on any atom is 0.354 e. The quantitative estimate of drug-likeness (QED) is 0.667. The number of rotatable bonds is 4.